The topological polar surface area (TPSA) is 95.9 Å². The van der Waals surface area contributed by atoms with Crippen LogP contribution in [0, 0.1) is 0 Å². The highest BCUT2D eigenvalue weighted by Crippen LogP contribution is 2.26. The molecule has 148 valence electrons. The van der Waals surface area contributed by atoms with Crippen LogP contribution in [-0.2, 0) is 0 Å². The molecule has 0 aliphatic carbocycles. The molecule has 0 radical (unpaired) electrons. The highest BCUT2D eigenvalue weighted by Gasteiger charge is 2.15. The number of carbonyl (C=O) groups is 2. The zero-order chi connectivity index (χ0) is 21.1. The maximum Gasteiger partial charge on any atom is 0.347 e. The summed E-state index contributed by atoms with van der Waals surface area (Å²) >= 11 is 0. The minimum atomic E-state index is -0.689. The number of esters is 1. The van der Waals surface area contributed by atoms with Crippen molar-refractivity contribution in [3.63, 3.8) is 0 Å². The number of phenols is 2. The van der Waals surface area contributed by atoms with Crippen molar-refractivity contribution in [1.82, 2.24) is 0 Å². The van der Waals surface area contributed by atoms with Crippen molar-refractivity contribution in [3.8, 4) is 17.2 Å². The van der Waals surface area contributed by atoms with E-state index in [0.717, 1.165) is 10.8 Å². The van der Waals surface area contributed by atoms with Gasteiger partial charge in [0.2, 0.25) is 0 Å². The van der Waals surface area contributed by atoms with Crippen LogP contribution < -0.4 is 10.1 Å². The first-order valence-electron chi connectivity index (χ1n) is 9.14. The van der Waals surface area contributed by atoms with Crippen molar-refractivity contribution in [2.45, 2.75) is 0 Å². The Kier molecular flexibility index (Phi) is 5.05. The van der Waals surface area contributed by atoms with E-state index in [2.05, 4.69) is 5.32 Å². The van der Waals surface area contributed by atoms with Gasteiger partial charge < -0.3 is 20.3 Å². The molecule has 0 fully saturated rings. The first-order chi connectivity index (χ1) is 14.5. The lowest BCUT2D eigenvalue weighted by Gasteiger charge is -2.10. The summed E-state index contributed by atoms with van der Waals surface area (Å²) in [5.41, 5.74) is 0.681. The Morgan fingerprint density at radius 1 is 0.700 bits per heavy atom. The molecular formula is C24H17NO5. The number of benzene rings is 4. The predicted octanol–water partition coefficient (Wildman–Crippen LogP) is 4.72. The number of hydrogen-bond donors (Lipinski definition) is 3. The molecule has 6 heteroatoms. The van der Waals surface area contributed by atoms with Gasteiger partial charge in [-0.2, -0.15) is 0 Å². The Hall–Kier alpha value is -4.32. The van der Waals surface area contributed by atoms with Crippen LogP contribution in [0.25, 0.3) is 10.8 Å². The molecule has 0 unspecified atom stereocenters. The molecule has 0 aliphatic heterocycles. The molecule has 0 bridgehead atoms. The minimum absolute atomic E-state index is 0.0571. The zero-order valence-corrected chi connectivity index (χ0v) is 15.7. The second kappa shape index (κ2) is 7.97. The molecule has 0 aromatic heterocycles. The van der Waals surface area contributed by atoms with E-state index in [1.54, 1.807) is 36.4 Å². The van der Waals surface area contributed by atoms with E-state index >= 15 is 0 Å². The van der Waals surface area contributed by atoms with Crippen molar-refractivity contribution < 1.29 is 24.5 Å². The van der Waals surface area contributed by atoms with Crippen LogP contribution in [0.5, 0.6) is 17.2 Å². The lowest BCUT2D eigenvalue weighted by Crippen LogP contribution is -2.12. The number of nitrogens with one attached hydrogen (secondary N) is 1. The van der Waals surface area contributed by atoms with E-state index in [0.29, 0.717) is 5.69 Å². The maximum atomic E-state index is 12.6. The molecule has 1 amide bonds. The summed E-state index contributed by atoms with van der Waals surface area (Å²) in [5, 5.41) is 24.3. The van der Waals surface area contributed by atoms with Gasteiger partial charge in [-0.05, 0) is 59.3 Å². The molecule has 0 atom stereocenters. The van der Waals surface area contributed by atoms with Gasteiger partial charge in [0.05, 0.1) is 5.56 Å². The molecule has 30 heavy (non-hydrogen) atoms. The molecule has 4 aromatic rings. The zero-order valence-electron chi connectivity index (χ0n) is 15.7. The average Bonchev–Trinajstić information content (AvgIpc) is 2.74. The lowest BCUT2D eigenvalue weighted by atomic mass is 10.1. The summed E-state index contributed by atoms with van der Waals surface area (Å²) in [4.78, 5) is 24.7. The largest absolute Gasteiger partial charge is 0.507 e. The van der Waals surface area contributed by atoms with Gasteiger partial charge in [0, 0.05) is 5.69 Å². The van der Waals surface area contributed by atoms with Gasteiger partial charge in [-0.3, -0.25) is 4.79 Å². The number of rotatable bonds is 4. The van der Waals surface area contributed by atoms with Crippen molar-refractivity contribution in [2.75, 3.05) is 5.32 Å². The Bertz CT molecular complexity index is 1250. The van der Waals surface area contributed by atoms with Gasteiger partial charge in [-0.1, -0.05) is 36.4 Å². The number of aromatic hydroxyl groups is 2. The molecular weight excluding hydrogens is 382 g/mol. The standard InChI is InChI=1S/C24H17NO5/c26-21-8-4-3-7-19(21)24(29)30-18-11-9-17(10-12-18)25-23(28)20-13-15-5-1-2-6-16(15)14-22(20)27/h1-14,26-27H,(H,25,28). The third-order valence-electron chi connectivity index (χ3n) is 4.56. The summed E-state index contributed by atoms with van der Waals surface area (Å²) in [7, 11) is 0. The summed E-state index contributed by atoms with van der Waals surface area (Å²) in [6, 6.07) is 22.9. The highest BCUT2D eigenvalue weighted by atomic mass is 16.5. The van der Waals surface area contributed by atoms with Crippen molar-refractivity contribution >= 4 is 28.3 Å². The second-order valence-corrected chi connectivity index (χ2v) is 6.60. The number of anilines is 1. The Balaban J connectivity index is 1.47. The van der Waals surface area contributed by atoms with Crippen LogP contribution in [-0.4, -0.2) is 22.1 Å². The summed E-state index contributed by atoms with van der Waals surface area (Å²) in [5.74, 6) is -1.17. The van der Waals surface area contributed by atoms with Gasteiger partial charge in [0.25, 0.3) is 5.91 Å². The van der Waals surface area contributed by atoms with E-state index in [9.17, 15) is 19.8 Å². The van der Waals surface area contributed by atoms with Gasteiger partial charge in [0.15, 0.2) is 0 Å². The number of ether oxygens (including phenoxy) is 1. The summed E-state index contributed by atoms with van der Waals surface area (Å²) < 4.78 is 5.24. The molecule has 0 spiro atoms. The summed E-state index contributed by atoms with van der Waals surface area (Å²) in [6.07, 6.45) is 0. The van der Waals surface area contributed by atoms with Crippen LogP contribution in [0.4, 0.5) is 5.69 Å². The lowest BCUT2D eigenvalue weighted by molar-refractivity contribution is 0.0731. The number of para-hydroxylation sites is 1. The van der Waals surface area contributed by atoms with Crippen molar-refractivity contribution in [3.05, 3.63) is 96.1 Å². The molecule has 0 saturated carbocycles. The predicted molar refractivity (Wildman–Crippen MR) is 113 cm³/mol. The van der Waals surface area contributed by atoms with E-state index < -0.39 is 11.9 Å². The monoisotopic (exact) mass is 399 g/mol. The van der Waals surface area contributed by atoms with E-state index in [1.807, 2.05) is 24.3 Å². The Morgan fingerprint density at radius 3 is 2.03 bits per heavy atom. The van der Waals surface area contributed by atoms with Gasteiger partial charge in [0.1, 0.15) is 22.8 Å². The molecule has 4 aromatic carbocycles. The fourth-order valence-corrected chi connectivity index (χ4v) is 3.02. The number of fused-ring (bicyclic) bond motifs is 1. The molecule has 3 N–H and O–H groups in total. The molecule has 0 heterocycles. The normalized spacial score (nSPS) is 10.5. The van der Waals surface area contributed by atoms with Crippen LogP contribution in [0.2, 0.25) is 0 Å². The van der Waals surface area contributed by atoms with Gasteiger partial charge >= 0.3 is 5.97 Å². The number of carbonyl (C=O) groups excluding carboxylic acids is 2. The first-order valence-corrected chi connectivity index (χ1v) is 9.14. The third kappa shape index (κ3) is 3.93. The van der Waals surface area contributed by atoms with E-state index in [4.69, 9.17) is 4.74 Å². The van der Waals surface area contributed by atoms with Crippen molar-refractivity contribution in [2.24, 2.45) is 0 Å². The molecule has 0 saturated heterocycles. The highest BCUT2D eigenvalue weighted by molar-refractivity contribution is 6.08. The molecule has 6 nitrogen and oxygen atoms in total. The number of hydrogen-bond acceptors (Lipinski definition) is 5. The van der Waals surface area contributed by atoms with Crippen LogP contribution >= 0.6 is 0 Å². The molecule has 0 aliphatic rings. The van der Waals surface area contributed by atoms with Crippen LogP contribution in [0.15, 0.2) is 84.9 Å². The maximum absolute atomic E-state index is 12.6. The Morgan fingerprint density at radius 2 is 1.33 bits per heavy atom. The SMILES string of the molecule is O=C(Nc1ccc(OC(=O)c2ccccc2O)cc1)c1cc2ccccc2cc1O. The first kappa shape index (κ1) is 19.0. The van der Waals surface area contributed by atoms with E-state index in [1.165, 1.54) is 24.3 Å². The minimum Gasteiger partial charge on any atom is -0.507 e. The van der Waals surface area contributed by atoms with Crippen molar-refractivity contribution in [1.29, 1.82) is 0 Å². The van der Waals surface area contributed by atoms with Crippen LogP contribution in [0.3, 0.4) is 0 Å². The fraction of sp³-hybridized carbons (Fsp3) is 0. The third-order valence-corrected chi connectivity index (χ3v) is 4.56. The second-order valence-electron chi connectivity index (χ2n) is 6.60. The quantitative estimate of drug-likeness (QED) is 0.341. The van der Waals surface area contributed by atoms with Gasteiger partial charge in [-0.15, -0.1) is 0 Å². The smallest absolute Gasteiger partial charge is 0.347 e. The number of phenolic OH excluding ortho intramolecular Hbond substituents is 2. The van der Waals surface area contributed by atoms with Gasteiger partial charge in [-0.25, -0.2) is 4.79 Å². The number of amides is 1. The fourth-order valence-electron chi connectivity index (χ4n) is 3.02. The summed E-state index contributed by atoms with van der Waals surface area (Å²) in [6.45, 7) is 0. The molecule has 4 rings (SSSR count). The van der Waals surface area contributed by atoms with Crippen LogP contribution in [0.1, 0.15) is 20.7 Å². The Labute approximate surface area is 172 Å². The van der Waals surface area contributed by atoms with E-state index in [-0.39, 0.29) is 28.4 Å². The average molecular weight is 399 g/mol.